The number of aryl methyl sites for hydroxylation is 1. The molecule has 2 N–H and O–H groups in total. The van der Waals surface area contributed by atoms with Crippen LogP contribution in [0.25, 0.3) is 0 Å². The summed E-state index contributed by atoms with van der Waals surface area (Å²) < 4.78 is 0. The van der Waals surface area contributed by atoms with Gasteiger partial charge in [-0.05, 0) is 49.3 Å². The third-order valence-corrected chi connectivity index (χ3v) is 5.75. The molecule has 0 aliphatic heterocycles. The van der Waals surface area contributed by atoms with Crippen LogP contribution in [-0.4, -0.2) is 18.9 Å². The van der Waals surface area contributed by atoms with Crippen molar-refractivity contribution >= 4 is 28.2 Å². The van der Waals surface area contributed by atoms with Crippen molar-refractivity contribution in [2.45, 2.75) is 33.1 Å². The van der Waals surface area contributed by atoms with Crippen LogP contribution in [0, 0.1) is 12.8 Å². The van der Waals surface area contributed by atoms with E-state index in [1.165, 1.54) is 4.88 Å². The number of carbonyl (C=O) groups is 2. The summed E-state index contributed by atoms with van der Waals surface area (Å²) in [5.74, 6) is 0.334. The fraction of sp³-hybridized carbons (Fsp3) is 0.368. The van der Waals surface area contributed by atoms with Gasteiger partial charge in [0.15, 0.2) is 0 Å². The topological polar surface area (TPSA) is 58.2 Å². The summed E-state index contributed by atoms with van der Waals surface area (Å²) in [6.07, 6.45) is 2.96. The molecular weight excluding hydrogens is 320 g/mol. The summed E-state index contributed by atoms with van der Waals surface area (Å²) >= 11 is 1.55. The summed E-state index contributed by atoms with van der Waals surface area (Å²) in [4.78, 5) is 26.2. The number of hydrogen-bond donors (Lipinski definition) is 2. The lowest BCUT2D eigenvalue weighted by Crippen LogP contribution is -2.22. The van der Waals surface area contributed by atoms with Crippen LogP contribution in [0.15, 0.2) is 24.3 Å². The predicted molar refractivity (Wildman–Crippen MR) is 98.0 cm³/mol. The van der Waals surface area contributed by atoms with Crippen molar-refractivity contribution < 1.29 is 9.59 Å². The second kappa shape index (κ2) is 6.77. The van der Waals surface area contributed by atoms with Gasteiger partial charge in [-0.3, -0.25) is 9.59 Å². The van der Waals surface area contributed by atoms with Gasteiger partial charge in [-0.2, -0.15) is 0 Å². The van der Waals surface area contributed by atoms with Crippen molar-refractivity contribution in [1.29, 1.82) is 0 Å². The Morgan fingerprint density at radius 3 is 2.67 bits per heavy atom. The molecule has 5 heteroatoms. The van der Waals surface area contributed by atoms with Crippen molar-refractivity contribution in [3.05, 3.63) is 51.4 Å². The molecule has 0 saturated carbocycles. The highest BCUT2D eigenvalue weighted by molar-refractivity contribution is 7.17. The molecule has 1 aliphatic carbocycles. The minimum absolute atomic E-state index is 0.123. The van der Waals surface area contributed by atoms with Gasteiger partial charge in [-0.1, -0.05) is 25.1 Å². The molecule has 0 fully saturated rings. The van der Waals surface area contributed by atoms with E-state index in [0.717, 1.165) is 30.4 Å². The largest absolute Gasteiger partial charge is 0.355 e. The standard InChI is InChI=1S/C19H22N2O2S/c1-11-8-9-14-15(10-11)24-19(16(14)18(23)20-3)21-17(22)13-7-5-4-6-12(13)2/h4-7,11H,8-10H2,1-3H3,(H,20,23)(H,21,22)/t11-/m1/s1. The number of rotatable bonds is 3. The Kier molecular flexibility index (Phi) is 4.71. The van der Waals surface area contributed by atoms with E-state index < -0.39 is 0 Å². The highest BCUT2D eigenvalue weighted by Gasteiger charge is 2.28. The third-order valence-electron chi connectivity index (χ3n) is 4.58. The van der Waals surface area contributed by atoms with Gasteiger partial charge in [-0.15, -0.1) is 11.3 Å². The fourth-order valence-electron chi connectivity index (χ4n) is 3.20. The van der Waals surface area contributed by atoms with Crippen LogP contribution in [-0.2, 0) is 12.8 Å². The maximum Gasteiger partial charge on any atom is 0.256 e. The Hall–Kier alpha value is -2.14. The number of nitrogens with one attached hydrogen (secondary N) is 2. The molecule has 1 aromatic carbocycles. The van der Waals surface area contributed by atoms with Crippen LogP contribution in [0.5, 0.6) is 0 Å². The van der Waals surface area contributed by atoms with E-state index in [0.29, 0.717) is 22.0 Å². The van der Waals surface area contributed by atoms with Gasteiger partial charge in [-0.25, -0.2) is 0 Å². The molecule has 0 unspecified atom stereocenters. The zero-order chi connectivity index (χ0) is 17.3. The third kappa shape index (κ3) is 3.08. The molecule has 1 atom stereocenters. The van der Waals surface area contributed by atoms with Crippen LogP contribution in [0.4, 0.5) is 5.00 Å². The number of amides is 2. The number of fused-ring (bicyclic) bond motifs is 1. The quantitative estimate of drug-likeness (QED) is 0.891. The van der Waals surface area contributed by atoms with Crippen LogP contribution < -0.4 is 10.6 Å². The smallest absolute Gasteiger partial charge is 0.256 e. The molecule has 2 amide bonds. The summed E-state index contributed by atoms with van der Waals surface area (Å²) in [5, 5.41) is 6.35. The first-order valence-corrected chi connectivity index (χ1v) is 9.06. The Balaban J connectivity index is 1.97. The van der Waals surface area contributed by atoms with Crippen molar-refractivity contribution in [2.75, 3.05) is 12.4 Å². The zero-order valence-electron chi connectivity index (χ0n) is 14.2. The van der Waals surface area contributed by atoms with E-state index in [1.54, 1.807) is 24.5 Å². The fourth-order valence-corrected chi connectivity index (χ4v) is 4.61. The van der Waals surface area contributed by atoms with Gasteiger partial charge in [0.25, 0.3) is 11.8 Å². The van der Waals surface area contributed by atoms with Crippen molar-refractivity contribution in [1.82, 2.24) is 5.32 Å². The first-order chi connectivity index (χ1) is 11.5. The van der Waals surface area contributed by atoms with Gasteiger partial charge < -0.3 is 10.6 Å². The Labute approximate surface area is 146 Å². The van der Waals surface area contributed by atoms with E-state index in [-0.39, 0.29) is 11.8 Å². The predicted octanol–water partition coefficient (Wildman–Crippen LogP) is 3.79. The highest BCUT2D eigenvalue weighted by Crippen LogP contribution is 2.39. The minimum atomic E-state index is -0.162. The maximum atomic E-state index is 12.6. The molecule has 0 bridgehead atoms. The van der Waals surface area contributed by atoms with Gasteiger partial charge >= 0.3 is 0 Å². The molecule has 0 spiro atoms. The van der Waals surface area contributed by atoms with Gasteiger partial charge in [0.2, 0.25) is 0 Å². The van der Waals surface area contributed by atoms with Crippen LogP contribution in [0.2, 0.25) is 0 Å². The van der Waals surface area contributed by atoms with Crippen molar-refractivity contribution in [2.24, 2.45) is 5.92 Å². The highest BCUT2D eigenvalue weighted by atomic mass is 32.1. The second-order valence-corrected chi connectivity index (χ2v) is 7.51. The molecule has 1 aromatic heterocycles. The summed E-state index contributed by atoms with van der Waals surface area (Å²) in [6.45, 7) is 4.14. The molecule has 0 saturated heterocycles. The van der Waals surface area contributed by atoms with Gasteiger partial charge in [0.1, 0.15) is 5.00 Å². The van der Waals surface area contributed by atoms with Crippen LogP contribution in [0.1, 0.15) is 50.1 Å². The van der Waals surface area contributed by atoms with Gasteiger partial charge in [0, 0.05) is 17.5 Å². The number of thiophene rings is 1. The molecule has 126 valence electrons. The monoisotopic (exact) mass is 342 g/mol. The maximum absolute atomic E-state index is 12.6. The van der Waals surface area contributed by atoms with Gasteiger partial charge in [0.05, 0.1) is 5.56 Å². The number of hydrogen-bond acceptors (Lipinski definition) is 3. The van der Waals surface area contributed by atoms with Crippen molar-refractivity contribution in [3.63, 3.8) is 0 Å². The van der Waals surface area contributed by atoms with Crippen LogP contribution in [0.3, 0.4) is 0 Å². The normalized spacial score (nSPS) is 16.4. The number of carbonyl (C=O) groups excluding carboxylic acids is 2. The number of benzene rings is 1. The molecule has 24 heavy (non-hydrogen) atoms. The Morgan fingerprint density at radius 1 is 1.21 bits per heavy atom. The molecule has 1 heterocycles. The Morgan fingerprint density at radius 2 is 1.96 bits per heavy atom. The van der Waals surface area contributed by atoms with Crippen molar-refractivity contribution in [3.8, 4) is 0 Å². The number of anilines is 1. The molecule has 1 aliphatic rings. The van der Waals surface area contributed by atoms with E-state index in [9.17, 15) is 9.59 Å². The van der Waals surface area contributed by atoms with E-state index >= 15 is 0 Å². The summed E-state index contributed by atoms with van der Waals surface area (Å²) in [5.41, 5.74) is 3.32. The average molecular weight is 342 g/mol. The average Bonchev–Trinajstić information content (AvgIpc) is 2.91. The minimum Gasteiger partial charge on any atom is -0.355 e. The SMILES string of the molecule is CNC(=O)c1c(NC(=O)c2ccccc2C)sc2c1CC[C@@H](C)C2. The molecule has 0 radical (unpaired) electrons. The summed E-state index contributed by atoms with van der Waals surface area (Å²) in [7, 11) is 1.63. The lowest BCUT2D eigenvalue weighted by molar-refractivity contribution is 0.0963. The van der Waals surface area contributed by atoms with E-state index in [1.807, 2.05) is 25.1 Å². The Bertz CT molecular complexity index is 795. The van der Waals surface area contributed by atoms with E-state index in [4.69, 9.17) is 0 Å². The van der Waals surface area contributed by atoms with Crippen LogP contribution >= 0.6 is 11.3 Å². The first-order valence-electron chi connectivity index (χ1n) is 8.24. The lowest BCUT2D eigenvalue weighted by Gasteiger charge is -2.18. The summed E-state index contributed by atoms with van der Waals surface area (Å²) in [6, 6.07) is 7.48. The lowest BCUT2D eigenvalue weighted by atomic mass is 9.88. The van der Waals surface area contributed by atoms with E-state index in [2.05, 4.69) is 17.6 Å². The molecular formula is C19H22N2O2S. The second-order valence-electron chi connectivity index (χ2n) is 6.40. The molecule has 3 rings (SSSR count). The molecule has 4 nitrogen and oxygen atoms in total. The first kappa shape index (κ1) is 16.7. The zero-order valence-corrected chi connectivity index (χ0v) is 15.0. The molecule has 2 aromatic rings.